The maximum absolute atomic E-state index is 13.3. The molecule has 0 aliphatic heterocycles. The average Bonchev–Trinajstić information content (AvgIpc) is 3.18. The number of amides is 2. The normalized spacial score (nSPS) is 20.4. The fourth-order valence-electron chi connectivity index (χ4n) is 3.08. The molecular weight excluding hydrogens is 321 g/mol. The van der Waals surface area contributed by atoms with Crippen molar-refractivity contribution in [2.75, 3.05) is 20.6 Å². The molecule has 1 aromatic carbocycles. The van der Waals surface area contributed by atoms with Gasteiger partial charge < -0.3 is 15.5 Å². The summed E-state index contributed by atoms with van der Waals surface area (Å²) in [7, 11) is 5.81. The largest absolute Gasteiger partial charge is 0.336 e. The lowest BCUT2D eigenvalue weighted by molar-refractivity contribution is 0.232. The van der Waals surface area contributed by atoms with Gasteiger partial charge >= 0.3 is 6.03 Å². The van der Waals surface area contributed by atoms with E-state index in [0.717, 1.165) is 17.5 Å². The lowest BCUT2D eigenvalue weighted by atomic mass is 10.1. The van der Waals surface area contributed by atoms with E-state index in [1.807, 2.05) is 44.5 Å². The van der Waals surface area contributed by atoms with E-state index >= 15 is 0 Å². The first-order valence-corrected chi connectivity index (χ1v) is 8.39. The summed E-state index contributed by atoms with van der Waals surface area (Å²) in [6, 6.07) is 6.50. The highest BCUT2D eigenvalue weighted by atomic mass is 19.1. The van der Waals surface area contributed by atoms with Gasteiger partial charge in [-0.05, 0) is 38.2 Å². The SMILES string of the molecule is CN(C)[C@H](CNC(=O)N[C@H]1C[C@H]1c1cccc(F)c1)c1cnn(C)c1. The summed E-state index contributed by atoms with van der Waals surface area (Å²) in [5, 5.41) is 10.1. The maximum Gasteiger partial charge on any atom is 0.315 e. The van der Waals surface area contributed by atoms with Gasteiger partial charge in [0.05, 0.1) is 12.2 Å². The van der Waals surface area contributed by atoms with E-state index in [4.69, 9.17) is 0 Å². The second-order valence-electron chi connectivity index (χ2n) is 6.78. The second kappa shape index (κ2) is 7.23. The van der Waals surface area contributed by atoms with Crippen LogP contribution in [0.1, 0.15) is 29.5 Å². The van der Waals surface area contributed by atoms with Gasteiger partial charge in [0.25, 0.3) is 0 Å². The maximum atomic E-state index is 13.3. The van der Waals surface area contributed by atoms with Gasteiger partial charge in [0.2, 0.25) is 0 Å². The molecule has 2 amide bonds. The van der Waals surface area contributed by atoms with Crippen LogP contribution in [-0.2, 0) is 7.05 Å². The van der Waals surface area contributed by atoms with Crippen molar-refractivity contribution in [2.45, 2.75) is 24.4 Å². The zero-order chi connectivity index (χ0) is 18.0. The monoisotopic (exact) mass is 345 g/mol. The predicted molar refractivity (Wildman–Crippen MR) is 93.7 cm³/mol. The highest BCUT2D eigenvalue weighted by Gasteiger charge is 2.39. The Kier molecular flexibility index (Phi) is 5.03. The first-order valence-electron chi connectivity index (χ1n) is 8.39. The molecule has 3 rings (SSSR count). The molecule has 1 aromatic heterocycles. The van der Waals surface area contributed by atoms with Crippen molar-refractivity contribution in [3.05, 3.63) is 53.6 Å². The van der Waals surface area contributed by atoms with Crippen LogP contribution in [-0.4, -0.2) is 47.4 Å². The van der Waals surface area contributed by atoms with Crippen molar-refractivity contribution < 1.29 is 9.18 Å². The van der Waals surface area contributed by atoms with Crippen LogP contribution in [0.5, 0.6) is 0 Å². The topological polar surface area (TPSA) is 62.2 Å². The molecule has 0 radical (unpaired) electrons. The summed E-state index contributed by atoms with van der Waals surface area (Å²) in [6.45, 7) is 0.488. The number of aryl methyl sites for hydroxylation is 1. The van der Waals surface area contributed by atoms with E-state index < -0.39 is 0 Å². The van der Waals surface area contributed by atoms with E-state index in [1.54, 1.807) is 10.7 Å². The molecule has 1 fully saturated rings. The number of rotatable bonds is 6. The molecule has 7 heteroatoms. The van der Waals surface area contributed by atoms with Crippen LogP contribution in [0.3, 0.4) is 0 Å². The predicted octanol–water partition coefficient (Wildman–Crippen LogP) is 2.02. The zero-order valence-corrected chi connectivity index (χ0v) is 14.7. The Balaban J connectivity index is 1.50. The number of hydrogen-bond acceptors (Lipinski definition) is 3. The Morgan fingerprint density at radius 3 is 2.92 bits per heavy atom. The molecule has 0 spiro atoms. The summed E-state index contributed by atoms with van der Waals surface area (Å²) in [4.78, 5) is 14.2. The van der Waals surface area contributed by atoms with E-state index in [0.29, 0.717) is 6.54 Å². The molecule has 2 N–H and O–H groups in total. The van der Waals surface area contributed by atoms with Gasteiger partial charge in [-0.3, -0.25) is 4.68 Å². The molecule has 0 saturated heterocycles. The Labute approximate surface area is 147 Å². The first kappa shape index (κ1) is 17.4. The van der Waals surface area contributed by atoms with Crippen molar-refractivity contribution >= 4 is 6.03 Å². The third-order valence-corrected chi connectivity index (χ3v) is 4.57. The Morgan fingerprint density at radius 1 is 1.48 bits per heavy atom. The number of aromatic nitrogens is 2. The number of nitrogens with zero attached hydrogens (tertiary/aromatic N) is 3. The minimum atomic E-state index is -0.238. The molecule has 1 heterocycles. The standard InChI is InChI=1S/C18H24FN5O/c1-23(2)17(13-9-21-24(3)11-13)10-20-18(25)22-16-8-15(16)12-5-4-6-14(19)7-12/h4-7,9,11,15-17H,8,10H2,1-3H3,(H2,20,22,25)/t15-,16-,17+/m0/s1. The number of carbonyl (C=O) groups excluding carboxylic acids is 1. The number of halogens is 1. The van der Waals surface area contributed by atoms with Crippen LogP contribution in [0, 0.1) is 5.82 Å². The smallest absolute Gasteiger partial charge is 0.315 e. The molecule has 0 bridgehead atoms. The first-order chi connectivity index (χ1) is 11.9. The van der Waals surface area contributed by atoms with E-state index in [9.17, 15) is 9.18 Å². The number of carbonyl (C=O) groups is 1. The van der Waals surface area contributed by atoms with E-state index in [1.165, 1.54) is 12.1 Å². The Bertz CT molecular complexity index is 745. The van der Waals surface area contributed by atoms with Gasteiger partial charge in [-0.2, -0.15) is 5.10 Å². The summed E-state index contributed by atoms with van der Waals surface area (Å²) < 4.78 is 15.0. The van der Waals surface area contributed by atoms with Crippen LogP contribution >= 0.6 is 0 Å². The van der Waals surface area contributed by atoms with E-state index in [2.05, 4.69) is 15.7 Å². The number of nitrogens with one attached hydrogen (secondary N) is 2. The van der Waals surface area contributed by atoms with Gasteiger partial charge in [0.15, 0.2) is 0 Å². The van der Waals surface area contributed by atoms with Crippen molar-refractivity contribution in [1.29, 1.82) is 0 Å². The quantitative estimate of drug-likeness (QED) is 0.842. The van der Waals surface area contributed by atoms with Crippen molar-refractivity contribution in [1.82, 2.24) is 25.3 Å². The third-order valence-electron chi connectivity index (χ3n) is 4.57. The van der Waals surface area contributed by atoms with Gasteiger partial charge in [-0.15, -0.1) is 0 Å². The molecule has 1 saturated carbocycles. The lowest BCUT2D eigenvalue weighted by Crippen LogP contribution is -2.41. The number of urea groups is 1. The zero-order valence-electron chi connectivity index (χ0n) is 14.7. The van der Waals surface area contributed by atoms with Crippen LogP contribution in [0.15, 0.2) is 36.7 Å². The number of hydrogen-bond donors (Lipinski definition) is 2. The van der Waals surface area contributed by atoms with E-state index in [-0.39, 0.29) is 29.8 Å². The van der Waals surface area contributed by atoms with Crippen LogP contribution in [0.25, 0.3) is 0 Å². The minimum absolute atomic E-state index is 0.0534. The fraction of sp³-hybridized carbons (Fsp3) is 0.444. The highest BCUT2D eigenvalue weighted by molar-refractivity contribution is 5.75. The van der Waals surface area contributed by atoms with Crippen molar-refractivity contribution in [2.24, 2.45) is 7.05 Å². The van der Waals surface area contributed by atoms with Crippen LogP contribution < -0.4 is 10.6 Å². The molecule has 25 heavy (non-hydrogen) atoms. The molecular formula is C18H24FN5O. The summed E-state index contributed by atoms with van der Waals surface area (Å²) in [6.07, 6.45) is 4.60. The molecule has 1 aliphatic rings. The molecule has 2 aromatic rings. The third kappa shape index (κ3) is 4.36. The number of benzene rings is 1. The summed E-state index contributed by atoms with van der Waals surface area (Å²) >= 11 is 0. The fourth-order valence-corrected chi connectivity index (χ4v) is 3.08. The van der Waals surface area contributed by atoms with Gasteiger partial charge in [-0.1, -0.05) is 12.1 Å². The second-order valence-corrected chi connectivity index (χ2v) is 6.78. The highest BCUT2D eigenvalue weighted by Crippen LogP contribution is 2.40. The van der Waals surface area contributed by atoms with Crippen molar-refractivity contribution in [3.8, 4) is 0 Å². The molecule has 6 nitrogen and oxygen atoms in total. The van der Waals surface area contributed by atoms with Crippen molar-refractivity contribution in [3.63, 3.8) is 0 Å². The summed E-state index contributed by atoms with van der Waals surface area (Å²) in [5.74, 6) is -0.0395. The van der Waals surface area contributed by atoms with Crippen LogP contribution in [0.4, 0.5) is 9.18 Å². The number of likely N-dealkylation sites (N-methyl/N-ethyl adjacent to an activating group) is 1. The average molecular weight is 345 g/mol. The Morgan fingerprint density at radius 2 is 2.28 bits per heavy atom. The molecule has 1 aliphatic carbocycles. The van der Waals surface area contributed by atoms with Gasteiger partial charge in [-0.25, -0.2) is 9.18 Å². The molecule has 3 atom stereocenters. The van der Waals surface area contributed by atoms with Crippen LogP contribution in [0.2, 0.25) is 0 Å². The summed E-state index contributed by atoms with van der Waals surface area (Å²) in [5.41, 5.74) is 1.99. The van der Waals surface area contributed by atoms with Gasteiger partial charge in [0.1, 0.15) is 5.82 Å². The Hall–Kier alpha value is -2.41. The molecule has 0 unspecified atom stereocenters. The lowest BCUT2D eigenvalue weighted by Gasteiger charge is -2.23. The van der Waals surface area contributed by atoms with Gasteiger partial charge in [0, 0.05) is 37.3 Å². The molecule has 134 valence electrons. The minimum Gasteiger partial charge on any atom is -0.336 e.